The minimum Gasteiger partial charge on any atom is -0.497 e. The Bertz CT molecular complexity index is 991. The normalized spacial score (nSPS) is 12.0. The van der Waals surface area contributed by atoms with E-state index >= 15 is 0 Å². The summed E-state index contributed by atoms with van der Waals surface area (Å²) >= 11 is 0. The summed E-state index contributed by atoms with van der Waals surface area (Å²) in [6, 6.07) is 12.9. The van der Waals surface area contributed by atoms with E-state index in [0.717, 1.165) is 28.0 Å². The number of pyridine rings is 1. The van der Waals surface area contributed by atoms with E-state index in [-0.39, 0.29) is 6.04 Å². The first-order chi connectivity index (χ1) is 13.6. The van der Waals surface area contributed by atoms with Crippen molar-refractivity contribution in [1.29, 1.82) is 0 Å². The van der Waals surface area contributed by atoms with Gasteiger partial charge in [-0.1, -0.05) is 24.3 Å². The minimum absolute atomic E-state index is 0.173. The lowest BCUT2D eigenvalue weighted by molar-refractivity contribution is 0.100. The minimum atomic E-state index is -0.522. The molecule has 0 bridgehead atoms. The molecule has 7 heteroatoms. The molecule has 28 heavy (non-hydrogen) atoms. The lowest BCUT2D eigenvalue weighted by Gasteiger charge is -2.23. The van der Waals surface area contributed by atoms with Gasteiger partial charge in [-0.05, 0) is 23.8 Å². The molecule has 3 rings (SSSR count). The van der Waals surface area contributed by atoms with Crippen LogP contribution in [0.2, 0.25) is 0 Å². The maximum absolute atomic E-state index is 11.8. The van der Waals surface area contributed by atoms with Crippen molar-refractivity contribution in [3.05, 3.63) is 65.4 Å². The van der Waals surface area contributed by atoms with E-state index in [9.17, 15) is 4.79 Å². The summed E-state index contributed by atoms with van der Waals surface area (Å²) in [6.45, 7) is 0.723. The van der Waals surface area contributed by atoms with Gasteiger partial charge in [-0.2, -0.15) is 0 Å². The Morgan fingerprint density at radius 3 is 2.68 bits per heavy atom. The summed E-state index contributed by atoms with van der Waals surface area (Å²) in [5, 5.41) is 4.29. The molecule has 0 fully saturated rings. The van der Waals surface area contributed by atoms with Crippen molar-refractivity contribution in [3.63, 3.8) is 0 Å². The summed E-state index contributed by atoms with van der Waals surface area (Å²) in [6.07, 6.45) is 1.69. The smallest absolute Gasteiger partial charge is 0.250 e. The third-order valence-corrected chi connectivity index (χ3v) is 4.59. The maximum Gasteiger partial charge on any atom is 0.250 e. The molecule has 0 unspecified atom stereocenters. The molecule has 3 aromatic rings. The molecule has 5 N–H and O–H groups in total. The van der Waals surface area contributed by atoms with Gasteiger partial charge in [-0.15, -0.1) is 0 Å². The molecular formula is C21H24N4O3. The number of aromatic nitrogens is 1. The van der Waals surface area contributed by atoms with Crippen LogP contribution in [0.3, 0.4) is 0 Å². The number of rotatable bonds is 8. The zero-order valence-electron chi connectivity index (χ0n) is 15.9. The number of hydrogen-bond acceptors (Lipinski definition) is 6. The van der Waals surface area contributed by atoms with Gasteiger partial charge in [0.1, 0.15) is 5.75 Å². The highest BCUT2D eigenvalue weighted by Gasteiger charge is 2.18. The predicted octanol–water partition coefficient (Wildman–Crippen LogP) is 2.60. The van der Waals surface area contributed by atoms with Gasteiger partial charge >= 0.3 is 0 Å². The van der Waals surface area contributed by atoms with E-state index in [1.54, 1.807) is 32.5 Å². The number of primary amides is 1. The number of nitrogens with one attached hydrogen (secondary N) is 1. The third-order valence-electron chi connectivity index (χ3n) is 4.59. The third kappa shape index (κ3) is 3.90. The average molecular weight is 380 g/mol. The Morgan fingerprint density at radius 1 is 1.21 bits per heavy atom. The van der Waals surface area contributed by atoms with Crippen molar-refractivity contribution >= 4 is 22.5 Å². The number of carbonyl (C=O) groups is 1. The molecule has 0 saturated heterocycles. The van der Waals surface area contributed by atoms with Crippen molar-refractivity contribution in [1.82, 2.24) is 4.98 Å². The van der Waals surface area contributed by atoms with E-state index < -0.39 is 5.91 Å². The van der Waals surface area contributed by atoms with Gasteiger partial charge in [0.25, 0.3) is 5.91 Å². The molecule has 0 aliphatic rings. The van der Waals surface area contributed by atoms with Gasteiger partial charge in [-0.25, -0.2) is 0 Å². The van der Waals surface area contributed by atoms with Gasteiger partial charge in [0.15, 0.2) is 0 Å². The quantitative estimate of drug-likeness (QED) is 0.554. The van der Waals surface area contributed by atoms with E-state index in [0.29, 0.717) is 24.2 Å². The van der Waals surface area contributed by atoms with Crippen LogP contribution in [0.5, 0.6) is 5.75 Å². The molecule has 1 amide bonds. The summed E-state index contributed by atoms with van der Waals surface area (Å²) in [5.74, 6) is 0.233. The first-order valence-electron chi connectivity index (χ1n) is 8.89. The number of hydrogen-bond donors (Lipinski definition) is 3. The molecule has 0 saturated carbocycles. The Kier molecular flexibility index (Phi) is 6.08. The van der Waals surface area contributed by atoms with Crippen LogP contribution in [0, 0.1) is 0 Å². The molecule has 0 aliphatic carbocycles. The zero-order chi connectivity index (χ0) is 20.1. The second-order valence-corrected chi connectivity index (χ2v) is 6.37. The van der Waals surface area contributed by atoms with Crippen LogP contribution < -0.4 is 21.5 Å². The van der Waals surface area contributed by atoms with Crippen LogP contribution in [-0.2, 0) is 11.3 Å². The van der Waals surface area contributed by atoms with Crippen molar-refractivity contribution in [2.75, 3.05) is 26.1 Å². The highest BCUT2D eigenvalue weighted by atomic mass is 16.5. The van der Waals surface area contributed by atoms with Gasteiger partial charge < -0.3 is 26.3 Å². The SMILES string of the molecule is COCc1cnc2c(C(N)=O)cccc2c1N[C@H](CN)c1cccc(OC)c1. The molecule has 1 atom stereocenters. The highest BCUT2D eigenvalue weighted by Crippen LogP contribution is 2.32. The first-order valence-corrected chi connectivity index (χ1v) is 8.89. The van der Waals surface area contributed by atoms with Crippen LogP contribution >= 0.6 is 0 Å². The van der Waals surface area contributed by atoms with E-state index in [1.807, 2.05) is 30.3 Å². The van der Waals surface area contributed by atoms with Crippen LogP contribution in [-0.4, -0.2) is 31.7 Å². The molecule has 146 valence electrons. The van der Waals surface area contributed by atoms with Crippen LogP contribution in [0.4, 0.5) is 5.69 Å². The number of carbonyl (C=O) groups excluding carboxylic acids is 1. The number of methoxy groups -OCH3 is 2. The monoisotopic (exact) mass is 380 g/mol. The van der Waals surface area contributed by atoms with Crippen LogP contribution in [0.1, 0.15) is 27.5 Å². The summed E-state index contributed by atoms with van der Waals surface area (Å²) in [4.78, 5) is 16.3. The number of nitrogens with zero attached hydrogens (tertiary/aromatic N) is 1. The average Bonchev–Trinajstić information content (AvgIpc) is 2.72. The second-order valence-electron chi connectivity index (χ2n) is 6.37. The van der Waals surface area contributed by atoms with Crippen molar-refractivity contribution in [2.45, 2.75) is 12.6 Å². The molecule has 0 radical (unpaired) electrons. The molecule has 2 aromatic carbocycles. The highest BCUT2D eigenvalue weighted by molar-refractivity contribution is 6.08. The fraction of sp³-hybridized carbons (Fsp3) is 0.238. The predicted molar refractivity (Wildman–Crippen MR) is 109 cm³/mol. The van der Waals surface area contributed by atoms with Crippen molar-refractivity contribution in [2.24, 2.45) is 11.5 Å². The van der Waals surface area contributed by atoms with Crippen LogP contribution in [0.25, 0.3) is 10.9 Å². The standard InChI is InChI=1S/C21H24N4O3/c1-27-12-14-11-24-20-16(7-4-8-17(20)21(23)26)19(14)25-18(10-22)13-5-3-6-15(9-13)28-2/h3-9,11,18H,10,12,22H2,1-2H3,(H2,23,26)(H,24,25)/t18-/m1/s1. The molecule has 1 heterocycles. The maximum atomic E-state index is 11.8. The van der Waals surface area contributed by atoms with E-state index in [4.69, 9.17) is 20.9 Å². The van der Waals surface area contributed by atoms with Gasteiger partial charge in [0.05, 0.1) is 36.5 Å². The lowest BCUT2D eigenvalue weighted by Crippen LogP contribution is -2.22. The zero-order valence-corrected chi connectivity index (χ0v) is 15.9. The largest absolute Gasteiger partial charge is 0.497 e. The van der Waals surface area contributed by atoms with Crippen molar-refractivity contribution < 1.29 is 14.3 Å². The molecular weight excluding hydrogens is 356 g/mol. The fourth-order valence-electron chi connectivity index (χ4n) is 3.21. The first kappa shape index (κ1) is 19.6. The number of benzene rings is 2. The second kappa shape index (κ2) is 8.69. The number of fused-ring (bicyclic) bond motifs is 1. The summed E-state index contributed by atoms with van der Waals surface area (Å²) in [5.41, 5.74) is 15.2. The Hall–Kier alpha value is -3.16. The van der Waals surface area contributed by atoms with Gasteiger partial charge in [0, 0.05) is 30.8 Å². The van der Waals surface area contributed by atoms with Crippen LogP contribution in [0.15, 0.2) is 48.7 Å². The number of ether oxygens (including phenoxy) is 2. The fourth-order valence-corrected chi connectivity index (χ4v) is 3.21. The molecule has 0 spiro atoms. The topological polar surface area (TPSA) is 112 Å². The Labute approximate surface area is 163 Å². The molecule has 0 aliphatic heterocycles. The Morgan fingerprint density at radius 2 is 2.00 bits per heavy atom. The van der Waals surface area contributed by atoms with E-state index in [2.05, 4.69) is 10.3 Å². The lowest BCUT2D eigenvalue weighted by atomic mass is 10.0. The number of nitrogens with two attached hydrogens (primary N) is 2. The van der Waals surface area contributed by atoms with Gasteiger partial charge in [0.2, 0.25) is 0 Å². The summed E-state index contributed by atoms with van der Waals surface area (Å²) in [7, 11) is 3.25. The molecule has 7 nitrogen and oxygen atoms in total. The van der Waals surface area contributed by atoms with Crippen molar-refractivity contribution in [3.8, 4) is 5.75 Å². The molecule has 1 aromatic heterocycles. The number of anilines is 1. The number of para-hydroxylation sites is 1. The number of amides is 1. The Balaban J connectivity index is 2.12. The van der Waals surface area contributed by atoms with Gasteiger partial charge in [-0.3, -0.25) is 9.78 Å². The van der Waals surface area contributed by atoms with E-state index in [1.165, 1.54) is 0 Å². The summed E-state index contributed by atoms with van der Waals surface area (Å²) < 4.78 is 10.7.